The number of aromatic nitrogens is 4. The summed E-state index contributed by atoms with van der Waals surface area (Å²) in [5.41, 5.74) is -1.05. The summed E-state index contributed by atoms with van der Waals surface area (Å²) in [6.45, 7) is 8.10. The predicted octanol–water partition coefficient (Wildman–Crippen LogP) is 2.18. The van der Waals surface area contributed by atoms with Gasteiger partial charge in [-0.15, -0.1) is 11.3 Å². The summed E-state index contributed by atoms with van der Waals surface area (Å²) in [5.74, 6) is 0.353. The van der Waals surface area contributed by atoms with E-state index in [0.29, 0.717) is 17.4 Å². The van der Waals surface area contributed by atoms with Gasteiger partial charge in [0.05, 0.1) is 11.8 Å². The van der Waals surface area contributed by atoms with E-state index in [1.165, 1.54) is 23.4 Å². The number of nitrogens with zero attached hydrogens (tertiary/aromatic N) is 4. The molecule has 1 amide bonds. The largest absolute Gasteiger partial charge is 0.350 e. The zero-order chi connectivity index (χ0) is 22.2. The molecule has 10 heteroatoms. The lowest BCUT2D eigenvalue weighted by Crippen LogP contribution is -2.38. The van der Waals surface area contributed by atoms with E-state index >= 15 is 0 Å². The summed E-state index contributed by atoms with van der Waals surface area (Å²) >= 11 is 2.77. The van der Waals surface area contributed by atoms with Crippen LogP contribution in [0.15, 0.2) is 32.1 Å². The number of fused-ring (bicyclic) bond motifs is 1. The number of carbonyl (C=O) groups excluding carboxylic acids is 1. The van der Waals surface area contributed by atoms with Crippen molar-refractivity contribution in [3.8, 4) is 0 Å². The molecule has 0 saturated heterocycles. The Morgan fingerprint density at radius 1 is 1.23 bits per heavy atom. The summed E-state index contributed by atoms with van der Waals surface area (Å²) in [5, 5.41) is 5.03. The first-order chi connectivity index (χ1) is 14.0. The van der Waals surface area contributed by atoms with Gasteiger partial charge >= 0.3 is 5.69 Å². The second-order valence-corrected chi connectivity index (χ2v) is 10.4. The van der Waals surface area contributed by atoms with Gasteiger partial charge < -0.3 is 5.32 Å². The number of nitrogens with one attached hydrogen (secondary N) is 1. The van der Waals surface area contributed by atoms with Crippen LogP contribution in [0.3, 0.4) is 0 Å². The van der Waals surface area contributed by atoms with Crippen molar-refractivity contribution in [1.29, 1.82) is 0 Å². The van der Waals surface area contributed by atoms with Crippen molar-refractivity contribution < 1.29 is 4.79 Å². The van der Waals surface area contributed by atoms with Gasteiger partial charge in [0.15, 0.2) is 5.65 Å². The summed E-state index contributed by atoms with van der Waals surface area (Å²) in [6, 6.07) is 3.89. The molecular weight excluding hydrogens is 422 g/mol. The van der Waals surface area contributed by atoms with Crippen LogP contribution in [0.4, 0.5) is 0 Å². The van der Waals surface area contributed by atoms with Gasteiger partial charge in [0.1, 0.15) is 16.2 Å². The molecule has 3 heterocycles. The van der Waals surface area contributed by atoms with Crippen molar-refractivity contribution in [3.63, 3.8) is 0 Å². The van der Waals surface area contributed by atoms with Crippen molar-refractivity contribution in [1.82, 2.24) is 24.4 Å². The number of amides is 1. The molecule has 0 aliphatic rings. The molecular formula is C20H25N5O3S2. The van der Waals surface area contributed by atoms with Crippen LogP contribution in [0.5, 0.6) is 0 Å². The van der Waals surface area contributed by atoms with E-state index in [4.69, 9.17) is 0 Å². The SMILES string of the molecule is CC(Sc1nc(C(C)(C)C)nc2c1c(=O)n(C)c(=O)n2C)C(=O)NCc1cccs1. The Morgan fingerprint density at radius 3 is 2.53 bits per heavy atom. The Kier molecular flexibility index (Phi) is 6.19. The highest BCUT2D eigenvalue weighted by molar-refractivity contribution is 8.00. The minimum atomic E-state index is -0.488. The van der Waals surface area contributed by atoms with E-state index in [-0.39, 0.29) is 16.9 Å². The fourth-order valence-electron chi connectivity index (χ4n) is 2.80. The summed E-state index contributed by atoms with van der Waals surface area (Å²) < 4.78 is 2.38. The maximum atomic E-state index is 12.9. The highest BCUT2D eigenvalue weighted by atomic mass is 32.2. The van der Waals surface area contributed by atoms with Crippen molar-refractivity contribution in [2.75, 3.05) is 0 Å². The number of thiophene rings is 1. The molecule has 0 radical (unpaired) electrons. The second kappa shape index (κ2) is 8.35. The van der Waals surface area contributed by atoms with Gasteiger partial charge in [0, 0.05) is 24.4 Å². The molecule has 30 heavy (non-hydrogen) atoms. The number of aryl methyl sites for hydroxylation is 1. The maximum Gasteiger partial charge on any atom is 0.332 e. The van der Waals surface area contributed by atoms with E-state index in [1.807, 2.05) is 38.3 Å². The lowest BCUT2D eigenvalue weighted by Gasteiger charge is -2.20. The molecule has 3 aromatic rings. The van der Waals surface area contributed by atoms with Gasteiger partial charge in [0.25, 0.3) is 5.56 Å². The molecule has 0 bridgehead atoms. The number of thioether (sulfide) groups is 1. The standard InChI is InChI=1S/C20H25N5O3S2/c1-11(15(26)21-10-12-8-7-9-29-12)30-16-13-14(22-18(23-16)20(2,3)4)24(5)19(28)25(6)17(13)27/h7-9,11H,10H2,1-6H3,(H,21,26). The Balaban J connectivity index is 2.04. The molecule has 160 valence electrons. The van der Waals surface area contributed by atoms with E-state index in [1.54, 1.807) is 25.3 Å². The third-order valence-electron chi connectivity index (χ3n) is 4.61. The number of carbonyl (C=O) groups is 1. The van der Waals surface area contributed by atoms with Crippen LogP contribution in [-0.4, -0.2) is 30.3 Å². The Labute approximate surface area is 182 Å². The molecule has 1 N–H and O–H groups in total. The van der Waals surface area contributed by atoms with Crippen molar-refractivity contribution in [2.45, 2.75) is 49.9 Å². The molecule has 0 fully saturated rings. The fourth-order valence-corrected chi connectivity index (χ4v) is 4.41. The van der Waals surface area contributed by atoms with Crippen LogP contribution in [-0.2, 0) is 30.8 Å². The first-order valence-electron chi connectivity index (χ1n) is 9.45. The summed E-state index contributed by atoms with van der Waals surface area (Å²) in [4.78, 5) is 48.1. The monoisotopic (exact) mass is 447 g/mol. The third-order valence-corrected chi connectivity index (χ3v) is 6.57. The van der Waals surface area contributed by atoms with Crippen LogP contribution in [0.25, 0.3) is 11.0 Å². The molecule has 0 aliphatic heterocycles. The minimum absolute atomic E-state index is 0.154. The van der Waals surface area contributed by atoms with Gasteiger partial charge in [0.2, 0.25) is 5.91 Å². The van der Waals surface area contributed by atoms with E-state index in [9.17, 15) is 14.4 Å². The van der Waals surface area contributed by atoms with Crippen molar-refractivity contribution >= 4 is 40.0 Å². The minimum Gasteiger partial charge on any atom is -0.350 e. The molecule has 0 saturated carbocycles. The lowest BCUT2D eigenvalue weighted by molar-refractivity contribution is -0.120. The van der Waals surface area contributed by atoms with Crippen LogP contribution in [0.2, 0.25) is 0 Å². The quantitative estimate of drug-likeness (QED) is 0.475. The normalized spacial score (nSPS) is 12.9. The lowest BCUT2D eigenvalue weighted by atomic mass is 9.96. The van der Waals surface area contributed by atoms with Crippen LogP contribution in [0, 0.1) is 0 Å². The highest BCUT2D eigenvalue weighted by Gasteiger charge is 2.25. The van der Waals surface area contributed by atoms with Gasteiger partial charge in [-0.2, -0.15) is 0 Å². The van der Waals surface area contributed by atoms with Gasteiger partial charge in [-0.25, -0.2) is 14.8 Å². The zero-order valence-corrected chi connectivity index (χ0v) is 19.5. The van der Waals surface area contributed by atoms with Gasteiger partial charge in [-0.05, 0) is 18.4 Å². The number of hydrogen-bond donors (Lipinski definition) is 1. The third kappa shape index (κ3) is 4.34. The Bertz CT molecular complexity index is 1210. The van der Waals surface area contributed by atoms with Crippen molar-refractivity contribution in [3.05, 3.63) is 49.1 Å². The first-order valence-corrected chi connectivity index (χ1v) is 11.2. The molecule has 1 atom stereocenters. The maximum absolute atomic E-state index is 12.9. The zero-order valence-electron chi connectivity index (χ0n) is 17.8. The van der Waals surface area contributed by atoms with Crippen LogP contribution in [0.1, 0.15) is 38.4 Å². The average molecular weight is 448 g/mol. The molecule has 0 spiro atoms. The molecule has 0 aliphatic carbocycles. The first kappa shape index (κ1) is 22.2. The fraction of sp³-hybridized carbons (Fsp3) is 0.450. The van der Waals surface area contributed by atoms with Crippen LogP contribution >= 0.6 is 23.1 Å². The van der Waals surface area contributed by atoms with Crippen molar-refractivity contribution in [2.24, 2.45) is 14.1 Å². The number of hydrogen-bond acceptors (Lipinski definition) is 7. The predicted molar refractivity (Wildman–Crippen MR) is 120 cm³/mol. The molecule has 3 aromatic heterocycles. The summed E-state index contributed by atoms with van der Waals surface area (Å²) in [7, 11) is 3.00. The topological polar surface area (TPSA) is 98.9 Å². The molecule has 3 rings (SSSR count). The smallest absolute Gasteiger partial charge is 0.332 e. The van der Waals surface area contributed by atoms with Gasteiger partial charge in [-0.1, -0.05) is 38.6 Å². The Hall–Kier alpha value is -2.46. The summed E-state index contributed by atoms with van der Waals surface area (Å²) in [6.07, 6.45) is 0. The van der Waals surface area contributed by atoms with Crippen LogP contribution < -0.4 is 16.6 Å². The molecule has 1 unspecified atom stereocenters. The Morgan fingerprint density at radius 2 is 1.93 bits per heavy atom. The average Bonchev–Trinajstić information content (AvgIpc) is 3.21. The molecule has 8 nitrogen and oxygen atoms in total. The van der Waals surface area contributed by atoms with Gasteiger partial charge in [-0.3, -0.25) is 18.7 Å². The van der Waals surface area contributed by atoms with E-state index < -0.39 is 21.9 Å². The molecule has 0 aromatic carbocycles. The second-order valence-electron chi connectivity index (χ2n) is 8.06. The number of rotatable bonds is 5. The van der Waals surface area contributed by atoms with E-state index in [2.05, 4.69) is 15.3 Å². The van der Waals surface area contributed by atoms with E-state index in [0.717, 1.165) is 9.44 Å². The highest BCUT2D eigenvalue weighted by Crippen LogP contribution is 2.29.